The molecule has 0 aliphatic heterocycles. The summed E-state index contributed by atoms with van der Waals surface area (Å²) in [6, 6.07) is 4.36. The summed E-state index contributed by atoms with van der Waals surface area (Å²) in [7, 11) is 2.07. The molecule has 0 bridgehead atoms. The summed E-state index contributed by atoms with van der Waals surface area (Å²) in [4.78, 5) is 6.50. The van der Waals surface area contributed by atoms with Crippen molar-refractivity contribution in [2.75, 3.05) is 17.7 Å². The minimum Gasteiger partial charge on any atom is -0.397 e. The first-order valence-electron chi connectivity index (χ1n) is 5.45. The Balaban J connectivity index is 2.67. The molecule has 1 rings (SSSR count). The van der Waals surface area contributed by atoms with Crippen LogP contribution in [0.2, 0.25) is 0 Å². The molecule has 0 aromatic carbocycles. The van der Waals surface area contributed by atoms with Crippen LogP contribution >= 0.6 is 0 Å². The second-order valence-electron chi connectivity index (χ2n) is 4.54. The molecule has 2 N–H and O–H groups in total. The number of nitrogens with two attached hydrogens (primary N) is 1. The van der Waals surface area contributed by atoms with Crippen molar-refractivity contribution in [3.63, 3.8) is 0 Å². The van der Waals surface area contributed by atoms with Crippen molar-refractivity contribution in [2.45, 2.75) is 33.2 Å². The summed E-state index contributed by atoms with van der Waals surface area (Å²) >= 11 is 0. The number of aromatic nitrogens is 1. The van der Waals surface area contributed by atoms with Crippen molar-refractivity contribution in [3.8, 4) is 0 Å². The van der Waals surface area contributed by atoms with Gasteiger partial charge in [-0.15, -0.1) is 0 Å². The molecule has 15 heavy (non-hydrogen) atoms. The van der Waals surface area contributed by atoms with Crippen LogP contribution in [0.3, 0.4) is 0 Å². The molecule has 1 aromatic heterocycles. The number of pyridine rings is 1. The van der Waals surface area contributed by atoms with Crippen molar-refractivity contribution in [3.05, 3.63) is 18.3 Å². The number of hydrogen-bond acceptors (Lipinski definition) is 3. The zero-order chi connectivity index (χ0) is 11.4. The van der Waals surface area contributed by atoms with Crippen molar-refractivity contribution < 1.29 is 0 Å². The van der Waals surface area contributed by atoms with Crippen molar-refractivity contribution in [1.29, 1.82) is 0 Å². The van der Waals surface area contributed by atoms with Gasteiger partial charge in [-0.3, -0.25) is 0 Å². The Morgan fingerprint density at radius 3 is 2.47 bits per heavy atom. The summed E-state index contributed by atoms with van der Waals surface area (Å²) in [5.41, 5.74) is 6.31. The lowest BCUT2D eigenvalue weighted by Gasteiger charge is -2.27. The third kappa shape index (κ3) is 3.42. The van der Waals surface area contributed by atoms with Gasteiger partial charge in [-0.05, 0) is 31.4 Å². The lowest BCUT2D eigenvalue weighted by Crippen LogP contribution is -2.30. The van der Waals surface area contributed by atoms with E-state index in [2.05, 4.69) is 37.7 Å². The first-order chi connectivity index (χ1) is 7.00. The van der Waals surface area contributed by atoms with E-state index in [9.17, 15) is 0 Å². The molecule has 3 heteroatoms. The molecular formula is C12H21N3. The Labute approximate surface area is 92.3 Å². The highest BCUT2D eigenvalue weighted by atomic mass is 15.2. The number of rotatable bonds is 4. The van der Waals surface area contributed by atoms with Gasteiger partial charge in [-0.1, -0.05) is 13.8 Å². The fourth-order valence-corrected chi connectivity index (χ4v) is 1.67. The van der Waals surface area contributed by atoms with Gasteiger partial charge in [0.25, 0.3) is 0 Å². The summed E-state index contributed by atoms with van der Waals surface area (Å²) in [5, 5.41) is 0. The smallest absolute Gasteiger partial charge is 0.128 e. The van der Waals surface area contributed by atoms with E-state index in [0.29, 0.717) is 17.6 Å². The SMILES string of the molecule is CC(C)CC(C)N(C)c1ccc(N)cn1. The second-order valence-corrected chi connectivity index (χ2v) is 4.54. The average molecular weight is 207 g/mol. The maximum atomic E-state index is 5.60. The van der Waals surface area contributed by atoms with Gasteiger partial charge in [0.15, 0.2) is 0 Å². The molecule has 0 fully saturated rings. The minimum atomic E-state index is 0.501. The van der Waals surface area contributed by atoms with Gasteiger partial charge < -0.3 is 10.6 Å². The zero-order valence-electron chi connectivity index (χ0n) is 10.1. The first kappa shape index (κ1) is 11.8. The van der Waals surface area contributed by atoms with E-state index in [1.165, 1.54) is 6.42 Å². The Morgan fingerprint density at radius 2 is 2.00 bits per heavy atom. The highest BCUT2D eigenvalue weighted by Crippen LogP contribution is 2.17. The maximum absolute atomic E-state index is 5.60. The van der Waals surface area contributed by atoms with Gasteiger partial charge in [0.2, 0.25) is 0 Å². The third-order valence-electron chi connectivity index (χ3n) is 2.61. The van der Waals surface area contributed by atoms with E-state index >= 15 is 0 Å². The van der Waals surface area contributed by atoms with E-state index in [-0.39, 0.29) is 0 Å². The summed E-state index contributed by atoms with van der Waals surface area (Å²) in [5.74, 6) is 1.69. The molecule has 0 saturated heterocycles. The fourth-order valence-electron chi connectivity index (χ4n) is 1.67. The van der Waals surface area contributed by atoms with Crippen LogP contribution in [-0.4, -0.2) is 18.1 Å². The quantitative estimate of drug-likeness (QED) is 0.825. The van der Waals surface area contributed by atoms with Crippen LogP contribution in [0.5, 0.6) is 0 Å². The van der Waals surface area contributed by atoms with Crippen LogP contribution in [0.4, 0.5) is 11.5 Å². The Morgan fingerprint density at radius 1 is 1.33 bits per heavy atom. The van der Waals surface area contributed by atoms with E-state index in [1.807, 2.05) is 12.1 Å². The molecular weight excluding hydrogens is 186 g/mol. The van der Waals surface area contributed by atoms with E-state index in [1.54, 1.807) is 6.20 Å². The predicted molar refractivity (Wildman–Crippen MR) is 66.0 cm³/mol. The number of hydrogen-bond donors (Lipinski definition) is 1. The number of nitrogen functional groups attached to an aromatic ring is 1. The monoisotopic (exact) mass is 207 g/mol. The zero-order valence-corrected chi connectivity index (χ0v) is 10.1. The van der Waals surface area contributed by atoms with Gasteiger partial charge >= 0.3 is 0 Å². The lowest BCUT2D eigenvalue weighted by atomic mass is 10.0. The van der Waals surface area contributed by atoms with Crippen LogP contribution in [0.25, 0.3) is 0 Å². The second kappa shape index (κ2) is 5.01. The summed E-state index contributed by atoms with van der Waals surface area (Å²) in [6.45, 7) is 6.69. The van der Waals surface area contributed by atoms with Gasteiger partial charge in [-0.25, -0.2) is 4.98 Å². The van der Waals surface area contributed by atoms with Crippen LogP contribution < -0.4 is 10.6 Å². The van der Waals surface area contributed by atoms with E-state index < -0.39 is 0 Å². The van der Waals surface area contributed by atoms with Gasteiger partial charge in [0, 0.05) is 13.1 Å². The van der Waals surface area contributed by atoms with Crippen LogP contribution in [0.15, 0.2) is 18.3 Å². The van der Waals surface area contributed by atoms with Crippen LogP contribution in [0, 0.1) is 5.92 Å². The van der Waals surface area contributed by atoms with Crippen molar-refractivity contribution >= 4 is 11.5 Å². The Hall–Kier alpha value is -1.25. The molecule has 1 unspecified atom stereocenters. The summed E-state index contributed by atoms with van der Waals surface area (Å²) < 4.78 is 0. The van der Waals surface area contributed by atoms with E-state index in [0.717, 1.165) is 5.82 Å². The molecule has 3 nitrogen and oxygen atoms in total. The largest absolute Gasteiger partial charge is 0.397 e. The predicted octanol–water partition coefficient (Wildman–Crippen LogP) is 2.53. The molecule has 0 spiro atoms. The van der Waals surface area contributed by atoms with Crippen molar-refractivity contribution in [1.82, 2.24) is 4.98 Å². The Bertz CT molecular complexity index is 292. The molecule has 1 atom stereocenters. The lowest BCUT2D eigenvalue weighted by molar-refractivity contribution is 0.502. The molecule has 0 amide bonds. The normalized spacial score (nSPS) is 12.9. The number of anilines is 2. The molecule has 84 valence electrons. The topological polar surface area (TPSA) is 42.1 Å². The fraction of sp³-hybridized carbons (Fsp3) is 0.583. The van der Waals surface area contributed by atoms with E-state index in [4.69, 9.17) is 5.73 Å². The van der Waals surface area contributed by atoms with Crippen molar-refractivity contribution in [2.24, 2.45) is 5.92 Å². The molecule has 1 aromatic rings. The standard InChI is InChI=1S/C12H21N3/c1-9(2)7-10(3)15(4)12-6-5-11(13)8-14-12/h5-6,8-10H,7,13H2,1-4H3. The number of nitrogens with zero attached hydrogens (tertiary/aromatic N) is 2. The van der Waals surface area contributed by atoms with Crippen LogP contribution in [-0.2, 0) is 0 Å². The molecule has 0 aliphatic carbocycles. The third-order valence-corrected chi connectivity index (χ3v) is 2.61. The molecule has 0 saturated carbocycles. The highest BCUT2D eigenvalue weighted by Gasteiger charge is 2.12. The minimum absolute atomic E-state index is 0.501. The maximum Gasteiger partial charge on any atom is 0.128 e. The molecule has 0 radical (unpaired) electrons. The van der Waals surface area contributed by atoms with Crippen LogP contribution in [0.1, 0.15) is 27.2 Å². The Kier molecular flexibility index (Phi) is 3.95. The van der Waals surface area contributed by atoms with Gasteiger partial charge in [0.1, 0.15) is 5.82 Å². The molecule has 0 aliphatic rings. The first-order valence-corrected chi connectivity index (χ1v) is 5.45. The molecule has 1 heterocycles. The van der Waals surface area contributed by atoms with Gasteiger partial charge in [-0.2, -0.15) is 0 Å². The summed E-state index contributed by atoms with van der Waals surface area (Å²) in [6.07, 6.45) is 2.87. The highest BCUT2D eigenvalue weighted by molar-refractivity contribution is 5.45. The average Bonchev–Trinajstić information content (AvgIpc) is 2.17. The van der Waals surface area contributed by atoms with Gasteiger partial charge in [0.05, 0.1) is 11.9 Å².